The van der Waals surface area contributed by atoms with E-state index in [4.69, 9.17) is 11.6 Å². The molecule has 0 radical (unpaired) electrons. The van der Waals surface area contributed by atoms with Crippen LogP contribution in [0.15, 0.2) is 42.6 Å². The minimum Gasteiger partial charge on any atom is -0.297 e. The van der Waals surface area contributed by atoms with Crippen LogP contribution in [0.25, 0.3) is 16.9 Å². The Labute approximate surface area is 115 Å². The molecule has 0 aliphatic heterocycles. The van der Waals surface area contributed by atoms with Crippen molar-refractivity contribution in [2.75, 3.05) is 0 Å². The second-order valence-corrected chi connectivity index (χ2v) is 4.84. The van der Waals surface area contributed by atoms with Crippen LogP contribution in [0.4, 0.5) is 0 Å². The highest BCUT2D eigenvalue weighted by molar-refractivity contribution is 6.30. The summed E-state index contributed by atoms with van der Waals surface area (Å²) in [6, 6.07) is 11.2. The van der Waals surface area contributed by atoms with E-state index in [-0.39, 0.29) is 0 Å². The number of carbonyl (C=O) groups excluding carboxylic acids is 1. The second-order valence-electron chi connectivity index (χ2n) is 4.40. The van der Waals surface area contributed by atoms with E-state index in [9.17, 15) is 4.79 Å². The van der Waals surface area contributed by atoms with Crippen LogP contribution in [0.3, 0.4) is 0 Å². The molecule has 0 spiro atoms. The molecule has 3 aromatic rings. The summed E-state index contributed by atoms with van der Waals surface area (Å²) in [7, 11) is 0. The number of hydrogen-bond acceptors (Lipinski definition) is 2. The van der Waals surface area contributed by atoms with Gasteiger partial charge in [0, 0.05) is 16.8 Å². The maximum Gasteiger partial charge on any atom is 0.169 e. The zero-order chi connectivity index (χ0) is 13.4. The maximum absolute atomic E-state index is 11.3. The Balaban J connectivity index is 2.28. The van der Waals surface area contributed by atoms with Crippen LogP contribution in [0.5, 0.6) is 0 Å². The summed E-state index contributed by atoms with van der Waals surface area (Å²) >= 11 is 5.88. The number of imidazole rings is 1. The van der Waals surface area contributed by atoms with Crippen molar-refractivity contribution < 1.29 is 4.79 Å². The molecule has 4 heteroatoms. The Morgan fingerprint density at radius 1 is 1.21 bits per heavy atom. The van der Waals surface area contributed by atoms with Crippen LogP contribution >= 0.6 is 11.6 Å². The number of fused-ring (bicyclic) bond motifs is 1. The summed E-state index contributed by atoms with van der Waals surface area (Å²) < 4.78 is 1.80. The van der Waals surface area contributed by atoms with Gasteiger partial charge in [0.05, 0.1) is 0 Å². The normalized spacial score (nSPS) is 10.8. The third-order valence-corrected chi connectivity index (χ3v) is 3.30. The fourth-order valence-corrected chi connectivity index (χ4v) is 2.22. The van der Waals surface area contributed by atoms with Crippen molar-refractivity contribution in [3.8, 4) is 11.3 Å². The maximum atomic E-state index is 11.3. The number of halogens is 1. The van der Waals surface area contributed by atoms with Crippen LogP contribution in [-0.4, -0.2) is 15.7 Å². The quantitative estimate of drug-likeness (QED) is 0.664. The highest BCUT2D eigenvalue weighted by Crippen LogP contribution is 2.25. The van der Waals surface area contributed by atoms with E-state index in [2.05, 4.69) is 4.98 Å². The second kappa shape index (κ2) is 4.52. The molecule has 0 unspecified atom stereocenters. The zero-order valence-electron chi connectivity index (χ0n) is 10.3. The van der Waals surface area contributed by atoms with Gasteiger partial charge in [0.1, 0.15) is 17.0 Å². The lowest BCUT2D eigenvalue weighted by atomic mass is 10.1. The van der Waals surface area contributed by atoms with E-state index in [1.165, 1.54) is 0 Å². The first kappa shape index (κ1) is 11.9. The number of aldehydes is 1. The van der Waals surface area contributed by atoms with Crippen LogP contribution in [0, 0.1) is 6.92 Å². The molecule has 0 fully saturated rings. The smallest absolute Gasteiger partial charge is 0.169 e. The van der Waals surface area contributed by atoms with Crippen molar-refractivity contribution in [2.45, 2.75) is 6.92 Å². The first-order valence-electron chi connectivity index (χ1n) is 5.89. The number of carbonyl (C=O) groups is 1. The highest BCUT2D eigenvalue weighted by atomic mass is 35.5. The molecule has 0 bridgehead atoms. The number of pyridine rings is 1. The monoisotopic (exact) mass is 270 g/mol. The molecule has 0 aliphatic carbocycles. The van der Waals surface area contributed by atoms with Crippen LogP contribution < -0.4 is 0 Å². The first-order valence-corrected chi connectivity index (χ1v) is 6.26. The molecule has 0 saturated heterocycles. The fraction of sp³-hybridized carbons (Fsp3) is 0.0667. The van der Waals surface area contributed by atoms with Gasteiger partial charge in [0.2, 0.25) is 0 Å². The van der Waals surface area contributed by atoms with Crippen LogP contribution in [-0.2, 0) is 0 Å². The van der Waals surface area contributed by atoms with Crippen molar-refractivity contribution in [1.82, 2.24) is 9.38 Å². The van der Waals surface area contributed by atoms with Gasteiger partial charge in [0.15, 0.2) is 6.29 Å². The van der Waals surface area contributed by atoms with Gasteiger partial charge in [-0.1, -0.05) is 23.7 Å². The van der Waals surface area contributed by atoms with Gasteiger partial charge in [-0.25, -0.2) is 4.98 Å². The highest BCUT2D eigenvalue weighted by Gasteiger charge is 2.13. The number of benzene rings is 1. The summed E-state index contributed by atoms with van der Waals surface area (Å²) in [5, 5.41) is 0.663. The van der Waals surface area contributed by atoms with Crippen molar-refractivity contribution in [1.29, 1.82) is 0 Å². The molecule has 0 saturated carbocycles. The summed E-state index contributed by atoms with van der Waals surface area (Å²) in [6.07, 6.45) is 2.69. The van der Waals surface area contributed by atoms with E-state index in [0.717, 1.165) is 23.1 Å². The SMILES string of the molecule is Cc1ccn2c(C=O)c(-c3ccc(Cl)cc3)nc2c1. The van der Waals surface area contributed by atoms with Crippen molar-refractivity contribution in [3.05, 3.63) is 58.9 Å². The Hall–Kier alpha value is -2.13. The van der Waals surface area contributed by atoms with E-state index in [1.807, 2.05) is 37.4 Å². The fourth-order valence-electron chi connectivity index (χ4n) is 2.10. The Morgan fingerprint density at radius 2 is 1.95 bits per heavy atom. The lowest BCUT2D eigenvalue weighted by Gasteiger charge is -1.99. The largest absolute Gasteiger partial charge is 0.297 e. The third-order valence-electron chi connectivity index (χ3n) is 3.05. The predicted molar refractivity (Wildman–Crippen MR) is 75.8 cm³/mol. The van der Waals surface area contributed by atoms with Gasteiger partial charge < -0.3 is 0 Å². The number of aromatic nitrogens is 2. The molecule has 2 aromatic heterocycles. The van der Waals surface area contributed by atoms with Crippen molar-refractivity contribution in [2.24, 2.45) is 0 Å². The molecule has 1 aromatic carbocycles. The molecular weight excluding hydrogens is 260 g/mol. The predicted octanol–water partition coefficient (Wildman–Crippen LogP) is 3.78. The molecule has 2 heterocycles. The van der Waals surface area contributed by atoms with Gasteiger partial charge in [-0.15, -0.1) is 0 Å². The van der Waals surface area contributed by atoms with Gasteiger partial charge >= 0.3 is 0 Å². The average Bonchev–Trinajstić information content (AvgIpc) is 2.77. The zero-order valence-corrected chi connectivity index (χ0v) is 11.1. The standard InChI is InChI=1S/C15H11ClN2O/c1-10-6-7-18-13(9-19)15(17-14(18)8-10)11-2-4-12(16)5-3-11/h2-9H,1H3. The molecule has 3 rings (SSSR count). The van der Waals surface area contributed by atoms with E-state index in [0.29, 0.717) is 16.4 Å². The Bertz CT molecular complexity index is 760. The number of hydrogen-bond donors (Lipinski definition) is 0. The molecule has 0 amide bonds. The molecule has 0 atom stereocenters. The summed E-state index contributed by atoms with van der Waals surface area (Å²) in [6.45, 7) is 2.00. The molecule has 3 nitrogen and oxygen atoms in total. The molecule has 0 aliphatic rings. The summed E-state index contributed by atoms with van der Waals surface area (Å²) in [4.78, 5) is 15.9. The van der Waals surface area contributed by atoms with Crippen LogP contribution in [0.1, 0.15) is 16.1 Å². The minimum atomic E-state index is 0.553. The topological polar surface area (TPSA) is 34.4 Å². The first-order chi connectivity index (χ1) is 9.19. The molecule has 0 N–H and O–H groups in total. The van der Waals surface area contributed by atoms with Gasteiger partial charge in [-0.2, -0.15) is 0 Å². The van der Waals surface area contributed by atoms with E-state index < -0.39 is 0 Å². The summed E-state index contributed by atoms with van der Waals surface area (Å²) in [5.74, 6) is 0. The number of rotatable bonds is 2. The van der Waals surface area contributed by atoms with E-state index in [1.54, 1.807) is 16.5 Å². The van der Waals surface area contributed by atoms with Gasteiger partial charge in [0.25, 0.3) is 0 Å². The van der Waals surface area contributed by atoms with Crippen molar-refractivity contribution in [3.63, 3.8) is 0 Å². The minimum absolute atomic E-state index is 0.553. The lowest BCUT2D eigenvalue weighted by molar-refractivity contribution is 0.111. The number of nitrogens with zero attached hydrogens (tertiary/aromatic N) is 2. The number of aryl methyl sites for hydroxylation is 1. The third kappa shape index (κ3) is 2.02. The molecule has 94 valence electrons. The Morgan fingerprint density at radius 3 is 2.63 bits per heavy atom. The molecular formula is C15H11ClN2O. The molecule has 19 heavy (non-hydrogen) atoms. The van der Waals surface area contributed by atoms with Gasteiger partial charge in [-0.05, 0) is 36.8 Å². The van der Waals surface area contributed by atoms with Crippen molar-refractivity contribution >= 4 is 23.5 Å². The summed E-state index contributed by atoms with van der Waals surface area (Å²) in [5.41, 5.74) is 3.99. The van der Waals surface area contributed by atoms with E-state index >= 15 is 0 Å². The Kier molecular flexibility index (Phi) is 2.84. The average molecular weight is 271 g/mol. The van der Waals surface area contributed by atoms with Crippen LogP contribution in [0.2, 0.25) is 5.02 Å². The lowest BCUT2D eigenvalue weighted by Crippen LogP contribution is -1.92. The van der Waals surface area contributed by atoms with Gasteiger partial charge in [-0.3, -0.25) is 9.20 Å².